The van der Waals surface area contributed by atoms with E-state index < -0.39 is 34.6 Å². The van der Waals surface area contributed by atoms with E-state index in [-0.39, 0.29) is 45.2 Å². The van der Waals surface area contributed by atoms with Crippen LogP contribution in [0.5, 0.6) is 0 Å². The minimum atomic E-state index is -4.50. The Hall–Kier alpha value is -0.170. The van der Waals surface area contributed by atoms with Crippen molar-refractivity contribution in [3.05, 3.63) is 0 Å². The van der Waals surface area contributed by atoms with Crippen molar-refractivity contribution in [2.45, 2.75) is 31.7 Å². The van der Waals surface area contributed by atoms with E-state index in [0.29, 0.717) is 13.1 Å². The van der Waals surface area contributed by atoms with Gasteiger partial charge in [0.05, 0.1) is 12.2 Å². The van der Waals surface area contributed by atoms with Gasteiger partial charge in [0.2, 0.25) is 0 Å². The lowest BCUT2D eigenvalue weighted by Crippen LogP contribution is -2.59. The molecule has 0 radical (unpaired) electrons. The minimum absolute atomic E-state index is 0. The summed E-state index contributed by atoms with van der Waals surface area (Å²) in [6, 6.07) is -1.83. The molecule has 0 aromatic heterocycles. The van der Waals surface area contributed by atoms with Crippen LogP contribution in [0.1, 0.15) is 13.8 Å². The first-order valence-electron chi connectivity index (χ1n) is 7.91. The highest BCUT2D eigenvalue weighted by atomic mass is 35.5. The molecule has 150 valence electrons. The standard InChI is InChI=1S/C13H25F3N4O3S.ClH/c1-12(2)10-20(7-8-23-12)24(21,22)18-9-11(13(14,15)16)19-5-3-17-4-6-19;/h11,17-18H,3-10H2,1-2H3;1H. The van der Waals surface area contributed by atoms with E-state index in [4.69, 9.17) is 4.74 Å². The van der Waals surface area contributed by atoms with Crippen LogP contribution < -0.4 is 10.0 Å². The predicted octanol–water partition coefficient (Wildman–Crippen LogP) is 0.190. The van der Waals surface area contributed by atoms with Crippen molar-refractivity contribution < 1.29 is 26.3 Å². The average molecular weight is 411 g/mol. The van der Waals surface area contributed by atoms with E-state index in [1.54, 1.807) is 13.8 Å². The van der Waals surface area contributed by atoms with Gasteiger partial charge in [0.25, 0.3) is 10.2 Å². The topological polar surface area (TPSA) is 73.9 Å². The van der Waals surface area contributed by atoms with Gasteiger partial charge in [-0.05, 0) is 13.8 Å². The Morgan fingerprint density at radius 3 is 2.36 bits per heavy atom. The molecule has 1 atom stereocenters. The Kier molecular flexibility index (Phi) is 7.94. The van der Waals surface area contributed by atoms with Crippen molar-refractivity contribution >= 4 is 22.6 Å². The molecule has 0 saturated carbocycles. The number of nitrogens with zero attached hydrogens (tertiary/aromatic N) is 2. The molecule has 1 unspecified atom stereocenters. The summed E-state index contributed by atoms with van der Waals surface area (Å²) in [5.74, 6) is 0. The zero-order valence-corrected chi connectivity index (χ0v) is 15.9. The van der Waals surface area contributed by atoms with Gasteiger partial charge in [-0.15, -0.1) is 12.4 Å². The minimum Gasteiger partial charge on any atom is -0.373 e. The third-order valence-corrected chi connectivity index (χ3v) is 5.68. The van der Waals surface area contributed by atoms with Gasteiger partial charge >= 0.3 is 6.18 Å². The molecule has 12 heteroatoms. The number of morpholine rings is 1. The van der Waals surface area contributed by atoms with Crippen LogP contribution in [-0.2, 0) is 14.9 Å². The zero-order valence-electron chi connectivity index (χ0n) is 14.3. The van der Waals surface area contributed by atoms with Gasteiger partial charge in [0.15, 0.2) is 0 Å². The summed E-state index contributed by atoms with van der Waals surface area (Å²) < 4.78 is 73.3. The number of piperazine rings is 1. The van der Waals surface area contributed by atoms with Crippen molar-refractivity contribution in [2.24, 2.45) is 0 Å². The SMILES string of the molecule is CC1(C)CN(S(=O)(=O)NCC(N2CCNCC2)C(F)(F)F)CCO1.Cl. The number of halogens is 4. The third-order valence-electron chi connectivity index (χ3n) is 4.16. The number of rotatable bonds is 5. The largest absolute Gasteiger partial charge is 0.405 e. The Morgan fingerprint density at radius 2 is 1.84 bits per heavy atom. The summed E-state index contributed by atoms with van der Waals surface area (Å²) in [4.78, 5) is 1.27. The molecule has 2 rings (SSSR count). The number of hydrogen-bond donors (Lipinski definition) is 2. The van der Waals surface area contributed by atoms with E-state index in [1.807, 2.05) is 0 Å². The summed E-state index contributed by atoms with van der Waals surface area (Å²) in [5.41, 5.74) is -0.658. The molecular formula is C13H26ClF3N4O3S. The molecule has 0 aromatic carbocycles. The van der Waals surface area contributed by atoms with Crippen LogP contribution in [0.2, 0.25) is 0 Å². The monoisotopic (exact) mass is 410 g/mol. The Morgan fingerprint density at radius 1 is 1.24 bits per heavy atom. The maximum Gasteiger partial charge on any atom is 0.405 e. The highest BCUT2D eigenvalue weighted by molar-refractivity contribution is 7.87. The number of nitrogens with one attached hydrogen (secondary N) is 2. The highest BCUT2D eigenvalue weighted by Gasteiger charge is 2.45. The second-order valence-corrected chi connectivity index (χ2v) is 8.39. The lowest BCUT2D eigenvalue weighted by Gasteiger charge is -2.38. The van der Waals surface area contributed by atoms with Gasteiger partial charge < -0.3 is 10.1 Å². The molecule has 2 saturated heterocycles. The zero-order chi connectivity index (χ0) is 18.0. The van der Waals surface area contributed by atoms with Gasteiger partial charge in [-0.25, -0.2) is 4.72 Å². The number of alkyl halides is 3. The van der Waals surface area contributed by atoms with Crippen LogP contribution in [-0.4, -0.2) is 87.9 Å². The molecule has 2 N–H and O–H groups in total. The molecule has 2 fully saturated rings. The third kappa shape index (κ3) is 6.49. The normalized spacial score (nSPS) is 24.5. The summed E-state index contributed by atoms with van der Waals surface area (Å²) in [7, 11) is -3.99. The van der Waals surface area contributed by atoms with Crippen molar-refractivity contribution in [3.8, 4) is 0 Å². The maximum atomic E-state index is 13.3. The Labute approximate surface area is 152 Å². The quantitative estimate of drug-likeness (QED) is 0.677. The smallest absolute Gasteiger partial charge is 0.373 e. The van der Waals surface area contributed by atoms with E-state index in [9.17, 15) is 21.6 Å². The maximum absolute atomic E-state index is 13.3. The molecule has 2 aliphatic rings. The van der Waals surface area contributed by atoms with Crippen LogP contribution in [0.4, 0.5) is 13.2 Å². The van der Waals surface area contributed by atoms with Crippen molar-refractivity contribution in [2.75, 3.05) is 52.4 Å². The summed E-state index contributed by atoms with van der Waals surface area (Å²) in [6.45, 7) is 4.62. The van der Waals surface area contributed by atoms with Gasteiger partial charge in [-0.1, -0.05) is 0 Å². The predicted molar refractivity (Wildman–Crippen MR) is 90.1 cm³/mol. The van der Waals surface area contributed by atoms with Gasteiger partial charge in [-0.2, -0.15) is 25.9 Å². The van der Waals surface area contributed by atoms with Crippen molar-refractivity contribution in [3.63, 3.8) is 0 Å². The van der Waals surface area contributed by atoms with Crippen LogP contribution in [0.3, 0.4) is 0 Å². The van der Waals surface area contributed by atoms with Crippen LogP contribution in [0.25, 0.3) is 0 Å². The average Bonchev–Trinajstić information content (AvgIpc) is 2.46. The fourth-order valence-electron chi connectivity index (χ4n) is 2.90. The van der Waals surface area contributed by atoms with E-state index >= 15 is 0 Å². The number of ether oxygens (including phenoxy) is 1. The lowest BCUT2D eigenvalue weighted by molar-refractivity contribution is -0.182. The van der Waals surface area contributed by atoms with Crippen molar-refractivity contribution in [1.82, 2.24) is 19.2 Å². The van der Waals surface area contributed by atoms with Crippen LogP contribution in [0, 0.1) is 0 Å². The van der Waals surface area contributed by atoms with Gasteiger partial charge in [-0.3, -0.25) is 4.90 Å². The van der Waals surface area contributed by atoms with Crippen LogP contribution in [0.15, 0.2) is 0 Å². The lowest BCUT2D eigenvalue weighted by atomic mass is 10.1. The fraction of sp³-hybridized carbons (Fsp3) is 1.00. The molecule has 0 bridgehead atoms. The highest BCUT2D eigenvalue weighted by Crippen LogP contribution is 2.25. The molecular weight excluding hydrogens is 385 g/mol. The summed E-state index contributed by atoms with van der Waals surface area (Å²) >= 11 is 0. The Bertz CT molecular complexity index is 527. The molecule has 0 amide bonds. The second kappa shape index (κ2) is 8.68. The number of hydrogen-bond acceptors (Lipinski definition) is 5. The molecule has 2 aliphatic heterocycles. The first-order valence-corrected chi connectivity index (χ1v) is 9.35. The van der Waals surface area contributed by atoms with Gasteiger partial charge in [0.1, 0.15) is 6.04 Å². The van der Waals surface area contributed by atoms with Gasteiger partial charge in [0, 0.05) is 45.8 Å². The van der Waals surface area contributed by atoms with E-state index in [1.165, 1.54) is 4.90 Å². The molecule has 25 heavy (non-hydrogen) atoms. The molecule has 0 aliphatic carbocycles. The van der Waals surface area contributed by atoms with Crippen molar-refractivity contribution in [1.29, 1.82) is 0 Å². The molecule has 0 spiro atoms. The first-order chi connectivity index (χ1) is 11.0. The first kappa shape index (κ1) is 22.9. The Balaban J connectivity index is 0.00000312. The van der Waals surface area contributed by atoms with Crippen LogP contribution >= 0.6 is 12.4 Å². The van der Waals surface area contributed by atoms with E-state index in [0.717, 1.165) is 4.31 Å². The molecule has 7 nitrogen and oxygen atoms in total. The molecule has 0 aromatic rings. The summed E-state index contributed by atoms with van der Waals surface area (Å²) in [5, 5.41) is 2.98. The molecule has 2 heterocycles. The second-order valence-electron chi connectivity index (χ2n) is 6.64. The summed E-state index contributed by atoms with van der Waals surface area (Å²) in [6.07, 6.45) is -4.50. The van der Waals surface area contributed by atoms with E-state index in [2.05, 4.69) is 10.0 Å². The fourth-order valence-corrected chi connectivity index (χ4v) is 4.25.